The third-order valence-corrected chi connectivity index (χ3v) is 4.74. The smallest absolute Gasteiger partial charge is 0.289 e. The average molecular weight is 299 g/mol. The van der Waals surface area contributed by atoms with Crippen LogP contribution in [0.3, 0.4) is 0 Å². The quantitative estimate of drug-likeness (QED) is 0.865. The zero-order valence-corrected chi connectivity index (χ0v) is 12.3. The molecule has 2 aliphatic rings. The van der Waals surface area contributed by atoms with E-state index in [1.54, 1.807) is 19.1 Å². The van der Waals surface area contributed by atoms with E-state index in [9.17, 15) is 9.59 Å². The second-order valence-corrected chi connectivity index (χ2v) is 6.11. The van der Waals surface area contributed by atoms with Crippen molar-refractivity contribution in [2.75, 3.05) is 13.1 Å². The predicted octanol–water partition coefficient (Wildman–Crippen LogP) is 1.47. The Bertz CT molecular complexity index is 778. The molecule has 1 saturated heterocycles. The van der Waals surface area contributed by atoms with Gasteiger partial charge in [0, 0.05) is 24.6 Å². The highest BCUT2D eigenvalue weighted by molar-refractivity contribution is 5.91. The first kappa shape index (κ1) is 13.3. The third kappa shape index (κ3) is 1.98. The molecule has 0 saturated carbocycles. The van der Waals surface area contributed by atoms with Crippen LogP contribution in [0.1, 0.15) is 40.0 Å². The maximum Gasteiger partial charge on any atom is 0.289 e. The van der Waals surface area contributed by atoms with Gasteiger partial charge >= 0.3 is 0 Å². The van der Waals surface area contributed by atoms with Crippen molar-refractivity contribution in [1.82, 2.24) is 14.9 Å². The number of nitrogens with one attached hydrogen (secondary N) is 1. The van der Waals surface area contributed by atoms with Crippen molar-refractivity contribution in [2.45, 2.75) is 25.7 Å². The van der Waals surface area contributed by atoms with Crippen LogP contribution in [0.5, 0.6) is 0 Å². The first-order valence-corrected chi connectivity index (χ1v) is 7.56. The fourth-order valence-electron chi connectivity index (χ4n) is 3.71. The van der Waals surface area contributed by atoms with Gasteiger partial charge in [-0.25, -0.2) is 4.98 Å². The Labute approximate surface area is 127 Å². The number of rotatable bonds is 1. The second kappa shape index (κ2) is 4.83. The Kier molecular flexibility index (Phi) is 2.92. The van der Waals surface area contributed by atoms with Gasteiger partial charge in [0.1, 0.15) is 5.82 Å². The van der Waals surface area contributed by atoms with Crippen LogP contribution in [-0.4, -0.2) is 33.9 Å². The van der Waals surface area contributed by atoms with Gasteiger partial charge in [0.15, 0.2) is 5.76 Å². The highest BCUT2D eigenvalue weighted by Crippen LogP contribution is 2.39. The number of amides is 1. The minimum atomic E-state index is -0.0810. The van der Waals surface area contributed by atoms with Crippen molar-refractivity contribution < 1.29 is 9.21 Å². The van der Waals surface area contributed by atoms with E-state index in [0.717, 1.165) is 24.1 Å². The van der Waals surface area contributed by atoms with Crippen LogP contribution in [0, 0.1) is 12.8 Å². The summed E-state index contributed by atoms with van der Waals surface area (Å²) in [7, 11) is 0. The summed E-state index contributed by atoms with van der Waals surface area (Å²) in [5.41, 5.74) is 1.64. The lowest BCUT2D eigenvalue weighted by molar-refractivity contribution is 0.0754. The van der Waals surface area contributed by atoms with Gasteiger partial charge in [0.25, 0.3) is 11.5 Å². The van der Waals surface area contributed by atoms with Crippen molar-refractivity contribution in [1.29, 1.82) is 0 Å². The summed E-state index contributed by atoms with van der Waals surface area (Å²) in [4.78, 5) is 33.7. The van der Waals surface area contributed by atoms with Crippen molar-refractivity contribution >= 4 is 5.91 Å². The van der Waals surface area contributed by atoms with E-state index in [2.05, 4.69) is 9.97 Å². The number of carbonyl (C=O) groups is 1. The Morgan fingerprint density at radius 3 is 3.09 bits per heavy atom. The fourth-order valence-corrected chi connectivity index (χ4v) is 3.71. The minimum Gasteiger partial charge on any atom is -0.459 e. The molecule has 0 aromatic carbocycles. The Morgan fingerprint density at radius 1 is 1.45 bits per heavy atom. The molecule has 1 aliphatic carbocycles. The molecule has 0 radical (unpaired) electrons. The molecule has 22 heavy (non-hydrogen) atoms. The Hall–Kier alpha value is -2.37. The number of fused-ring (bicyclic) bond motifs is 3. The van der Waals surface area contributed by atoms with E-state index < -0.39 is 0 Å². The molecule has 1 aliphatic heterocycles. The maximum atomic E-state index is 12.4. The van der Waals surface area contributed by atoms with E-state index in [1.807, 2.05) is 4.90 Å². The molecular formula is C16H17N3O3. The molecule has 1 amide bonds. The van der Waals surface area contributed by atoms with Crippen LogP contribution < -0.4 is 5.56 Å². The highest BCUT2D eigenvalue weighted by Gasteiger charge is 2.41. The van der Waals surface area contributed by atoms with Gasteiger partial charge in [-0.15, -0.1) is 0 Å². The SMILES string of the molecule is Cc1nc2c(c(=O)[nH]1)CC[C@@H]1CN(C(=O)c3ccco3)C[C@H]21. The fraction of sp³-hybridized carbons (Fsp3) is 0.438. The molecular weight excluding hydrogens is 282 g/mol. The van der Waals surface area contributed by atoms with Crippen LogP contribution in [0.15, 0.2) is 27.6 Å². The molecule has 1 N–H and O–H groups in total. The highest BCUT2D eigenvalue weighted by atomic mass is 16.3. The van der Waals surface area contributed by atoms with Crippen molar-refractivity contribution in [3.63, 3.8) is 0 Å². The molecule has 2 aromatic rings. The van der Waals surface area contributed by atoms with E-state index in [0.29, 0.717) is 30.6 Å². The van der Waals surface area contributed by atoms with E-state index in [-0.39, 0.29) is 17.4 Å². The molecule has 2 aromatic heterocycles. The minimum absolute atomic E-state index is 0.0308. The zero-order chi connectivity index (χ0) is 15.3. The molecule has 0 unspecified atom stereocenters. The predicted molar refractivity (Wildman–Crippen MR) is 78.8 cm³/mol. The molecule has 3 heterocycles. The number of aromatic nitrogens is 2. The summed E-state index contributed by atoms with van der Waals surface area (Å²) in [5, 5.41) is 0. The standard InChI is InChI=1S/C16H17N3O3/c1-9-17-14-11(15(20)18-9)5-4-10-7-19(8-12(10)14)16(21)13-3-2-6-22-13/h2-3,6,10,12H,4-5,7-8H2,1H3,(H,17,18,20)/t10-,12+/m1/s1. The van der Waals surface area contributed by atoms with Gasteiger partial charge in [0.2, 0.25) is 0 Å². The molecule has 6 heteroatoms. The third-order valence-electron chi connectivity index (χ3n) is 4.74. The maximum absolute atomic E-state index is 12.4. The first-order valence-electron chi connectivity index (χ1n) is 7.56. The van der Waals surface area contributed by atoms with E-state index in [1.165, 1.54) is 6.26 Å². The lowest BCUT2D eigenvalue weighted by atomic mass is 9.80. The summed E-state index contributed by atoms with van der Waals surface area (Å²) in [6.45, 7) is 3.11. The summed E-state index contributed by atoms with van der Waals surface area (Å²) < 4.78 is 5.21. The van der Waals surface area contributed by atoms with Crippen LogP contribution in [-0.2, 0) is 6.42 Å². The molecule has 2 atom stereocenters. The monoisotopic (exact) mass is 299 g/mol. The first-order chi connectivity index (χ1) is 10.6. The van der Waals surface area contributed by atoms with Gasteiger partial charge in [-0.1, -0.05) is 0 Å². The summed E-state index contributed by atoms with van der Waals surface area (Å²) in [6, 6.07) is 3.40. The Morgan fingerprint density at radius 2 is 2.32 bits per heavy atom. The number of hydrogen-bond acceptors (Lipinski definition) is 4. The number of nitrogens with zero attached hydrogens (tertiary/aromatic N) is 2. The molecule has 0 bridgehead atoms. The van der Waals surface area contributed by atoms with Crippen LogP contribution >= 0.6 is 0 Å². The number of hydrogen-bond donors (Lipinski definition) is 1. The molecule has 114 valence electrons. The zero-order valence-electron chi connectivity index (χ0n) is 12.3. The number of aryl methyl sites for hydroxylation is 1. The van der Waals surface area contributed by atoms with E-state index >= 15 is 0 Å². The summed E-state index contributed by atoms with van der Waals surface area (Å²) in [6.07, 6.45) is 3.17. The Balaban J connectivity index is 1.66. The topological polar surface area (TPSA) is 79.2 Å². The van der Waals surface area contributed by atoms with Gasteiger partial charge in [-0.3, -0.25) is 9.59 Å². The molecule has 6 nitrogen and oxygen atoms in total. The lowest BCUT2D eigenvalue weighted by Crippen LogP contribution is -2.29. The number of carbonyl (C=O) groups excluding carboxylic acids is 1. The summed E-state index contributed by atoms with van der Waals surface area (Å²) >= 11 is 0. The number of furan rings is 1. The van der Waals surface area contributed by atoms with Crippen LogP contribution in [0.4, 0.5) is 0 Å². The average Bonchev–Trinajstić information content (AvgIpc) is 3.15. The number of aromatic amines is 1. The van der Waals surface area contributed by atoms with Crippen molar-refractivity contribution in [3.05, 3.63) is 51.6 Å². The molecule has 1 fully saturated rings. The van der Waals surface area contributed by atoms with Gasteiger partial charge < -0.3 is 14.3 Å². The van der Waals surface area contributed by atoms with Crippen molar-refractivity contribution in [2.24, 2.45) is 5.92 Å². The molecule has 4 rings (SSSR count). The van der Waals surface area contributed by atoms with Crippen LogP contribution in [0.2, 0.25) is 0 Å². The largest absolute Gasteiger partial charge is 0.459 e. The lowest BCUT2D eigenvalue weighted by Gasteiger charge is -2.25. The van der Waals surface area contributed by atoms with Crippen molar-refractivity contribution in [3.8, 4) is 0 Å². The van der Waals surface area contributed by atoms with E-state index in [4.69, 9.17) is 4.42 Å². The normalized spacial score (nSPS) is 23.2. The second-order valence-electron chi connectivity index (χ2n) is 6.11. The van der Waals surface area contributed by atoms with Crippen LogP contribution in [0.25, 0.3) is 0 Å². The number of likely N-dealkylation sites (tertiary alicyclic amines) is 1. The number of H-pyrrole nitrogens is 1. The summed E-state index contributed by atoms with van der Waals surface area (Å²) in [5.74, 6) is 1.46. The molecule has 0 spiro atoms. The van der Waals surface area contributed by atoms with Gasteiger partial charge in [-0.2, -0.15) is 0 Å². The van der Waals surface area contributed by atoms with Gasteiger partial charge in [-0.05, 0) is 37.8 Å². The van der Waals surface area contributed by atoms with Gasteiger partial charge in [0.05, 0.1) is 12.0 Å².